The molecule has 1 aromatic rings. The molecular formula is C15H23ClN2. The van der Waals surface area contributed by atoms with Crippen molar-refractivity contribution in [3.05, 3.63) is 35.4 Å². The Kier molecular flexibility index (Phi) is 5.04. The highest BCUT2D eigenvalue weighted by Crippen LogP contribution is 2.22. The zero-order chi connectivity index (χ0) is 13.0. The van der Waals surface area contributed by atoms with Crippen LogP contribution in [0.1, 0.15) is 23.4 Å². The van der Waals surface area contributed by atoms with Crippen LogP contribution in [0.25, 0.3) is 0 Å². The van der Waals surface area contributed by atoms with Crippen LogP contribution >= 0.6 is 11.6 Å². The largest absolute Gasteiger partial charge is 0.301 e. The van der Waals surface area contributed by atoms with Crippen LogP contribution < -0.4 is 0 Å². The lowest BCUT2D eigenvalue weighted by molar-refractivity contribution is 0.137. The van der Waals surface area contributed by atoms with Crippen molar-refractivity contribution in [1.29, 1.82) is 0 Å². The second-order valence-electron chi connectivity index (χ2n) is 5.11. The van der Waals surface area contributed by atoms with E-state index in [1.54, 1.807) is 0 Å². The molecular weight excluding hydrogens is 244 g/mol. The van der Waals surface area contributed by atoms with Crippen LogP contribution in [0, 0.1) is 6.92 Å². The topological polar surface area (TPSA) is 6.48 Å². The third-order valence-electron chi connectivity index (χ3n) is 3.77. The molecule has 1 aromatic carbocycles. The smallest absolute Gasteiger partial charge is 0.0712 e. The number of piperazine rings is 1. The number of aryl methyl sites for hydroxylation is 1. The summed E-state index contributed by atoms with van der Waals surface area (Å²) in [6.07, 6.45) is 0. The Labute approximate surface area is 116 Å². The molecule has 0 radical (unpaired) electrons. The number of alkyl halides is 1. The number of hydrogen-bond donors (Lipinski definition) is 0. The molecule has 2 nitrogen and oxygen atoms in total. The van der Waals surface area contributed by atoms with Gasteiger partial charge in [-0.2, -0.15) is 0 Å². The Morgan fingerprint density at radius 1 is 1.06 bits per heavy atom. The molecule has 100 valence electrons. The first kappa shape index (κ1) is 13.9. The fraction of sp³-hybridized carbons (Fsp3) is 0.600. The minimum atomic E-state index is 0.110. The molecule has 1 aliphatic rings. The number of halogens is 1. The van der Waals surface area contributed by atoms with Gasteiger partial charge in [-0.05, 0) is 19.0 Å². The molecule has 0 amide bonds. The van der Waals surface area contributed by atoms with E-state index in [2.05, 4.69) is 47.9 Å². The Morgan fingerprint density at radius 3 is 2.17 bits per heavy atom. The van der Waals surface area contributed by atoms with Gasteiger partial charge in [-0.15, -0.1) is 11.6 Å². The summed E-state index contributed by atoms with van der Waals surface area (Å²) in [6, 6.07) is 8.57. The van der Waals surface area contributed by atoms with E-state index in [4.69, 9.17) is 11.6 Å². The summed E-state index contributed by atoms with van der Waals surface area (Å²) in [4.78, 5) is 4.97. The van der Waals surface area contributed by atoms with Gasteiger partial charge in [-0.25, -0.2) is 0 Å². The second-order valence-corrected chi connectivity index (χ2v) is 5.64. The van der Waals surface area contributed by atoms with Crippen LogP contribution in [-0.4, -0.2) is 49.1 Å². The number of hydrogen-bond acceptors (Lipinski definition) is 2. The second kappa shape index (κ2) is 6.55. The van der Waals surface area contributed by atoms with E-state index in [1.165, 1.54) is 24.2 Å². The maximum absolute atomic E-state index is 6.51. The summed E-state index contributed by atoms with van der Waals surface area (Å²) >= 11 is 6.51. The van der Waals surface area contributed by atoms with Crippen molar-refractivity contribution in [3.8, 4) is 0 Å². The van der Waals surface area contributed by atoms with Crippen LogP contribution in [0.5, 0.6) is 0 Å². The maximum Gasteiger partial charge on any atom is 0.0712 e. The highest BCUT2D eigenvalue weighted by Gasteiger charge is 2.18. The minimum absolute atomic E-state index is 0.110. The third kappa shape index (κ3) is 3.71. The summed E-state index contributed by atoms with van der Waals surface area (Å²) in [7, 11) is 0. The van der Waals surface area contributed by atoms with Gasteiger partial charge in [0.05, 0.1) is 5.38 Å². The fourth-order valence-electron chi connectivity index (χ4n) is 2.40. The Hall–Kier alpha value is -0.570. The van der Waals surface area contributed by atoms with Crippen LogP contribution in [0.4, 0.5) is 0 Å². The Bertz CT molecular complexity index is 355. The van der Waals surface area contributed by atoms with E-state index in [1.807, 2.05) is 0 Å². The van der Waals surface area contributed by atoms with Crippen molar-refractivity contribution in [3.63, 3.8) is 0 Å². The molecule has 0 N–H and O–H groups in total. The lowest BCUT2D eigenvalue weighted by Gasteiger charge is -2.35. The van der Waals surface area contributed by atoms with E-state index in [0.717, 1.165) is 26.2 Å². The fourth-order valence-corrected chi connectivity index (χ4v) is 2.74. The van der Waals surface area contributed by atoms with Gasteiger partial charge in [-0.3, -0.25) is 4.90 Å². The van der Waals surface area contributed by atoms with Gasteiger partial charge >= 0.3 is 0 Å². The standard InChI is InChI=1S/C15H23ClN2/c1-3-17-8-10-18(11-9-17)12-15(16)14-6-4-13(2)5-7-14/h4-7,15H,3,8-12H2,1-2H3. The highest BCUT2D eigenvalue weighted by molar-refractivity contribution is 6.21. The predicted octanol–water partition coefficient (Wildman–Crippen LogP) is 2.91. The summed E-state index contributed by atoms with van der Waals surface area (Å²) in [6.45, 7) is 11.1. The quantitative estimate of drug-likeness (QED) is 0.774. The number of nitrogens with zero attached hydrogens (tertiary/aromatic N) is 2. The van der Waals surface area contributed by atoms with Gasteiger partial charge in [0.25, 0.3) is 0 Å². The van der Waals surface area contributed by atoms with Gasteiger partial charge in [0.1, 0.15) is 0 Å². The average molecular weight is 267 g/mol. The van der Waals surface area contributed by atoms with Crippen molar-refractivity contribution in [2.45, 2.75) is 19.2 Å². The molecule has 0 aliphatic carbocycles. The number of likely N-dealkylation sites (N-methyl/N-ethyl adjacent to an activating group) is 1. The summed E-state index contributed by atoms with van der Waals surface area (Å²) < 4.78 is 0. The first-order valence-electron chi connectivity index (χ1n) is 6.84. The molecule has 3 heteroatoms. The van der Waals surface area contributed by atoms with Gasteiger partial charge in [0.15, 0.2) is 0 Å². The van der Waals surface area contributed by atoms with Gasteiger partial charge in [0, 0.05) is 32.7 Å². The molecule has 1 heterocycles. The lowest BCUT2D eigenvalue weighted by Crippen LogP contribution is -2.46. The van der Waals surface area contributed by atoms with Crippen LogP contribution in [-0.2, 0) is 0 Å². The minimum Gasteiger partial charge on any atom is -0.301 e. The molecule has 1 saturated heterocycles. The summed E-state index contributed by atoms with van der Waals surface area (Å²) in [5, 5.41) is 0.110. The summed E-state index contributed by atoms with van der Waals surface area (Å²) in [5.41, 5.74) is 2.53. The number of rotatable bonds is 4. The average Bonchev–Trinajstić information content (AvgIpc) is 2.40. The molecule has 18 heavy (non-hydrogen) atoms. The van der Waals surface area contributed by atoms with E-state index in [-0.39, 0.29) is 5.38 Å². The molecule has 0 bridgehead atoms. The van der Waals surface area contributed by atoms with Crippen LogP contribution in [0.3, 0.4) is 0 Å². The van der Waals surface area contributed by atoms with Crippen molar-refractivity contribution >= 4 is 11.6 Å². The zero-order valence-corrected chi connectivity index (χ0v) is 12.2. The normalized spacial score (nSPS) is 19.9. The van der Waals surface area contributed by atoms with E-state index in [9.17, 15) is 0 Å². The van der Waals surface area contributed by atoms with Crippen molar-refractivity contribution < 1.29 is 0 Å². The van der Waals surface area contributed by atoms with Crippen molar-refractivity contribution in [2.24, 2.45) is 0 Å². The SMILES string of the molecule is CCN1CCN(CC(Cl)c2ccc(C)cc2)CC1. The van der Waals surface area contributed by atoms with E-state index < -0.39 is 0 Å². The van der Waals surface area contributed by atoms with Crippen LogP contribution in [0.2, 0.25) is 0 Å². The molecule has 1 unspecified atom stereocenters. The van der Waals surface area contributed by atoms with E-state index >= 15 is 0 Å². The van der Waals surface area contributed by atoms with Gasteiger partial charge in [0.2, 0.25) is 0 Å². The Balaban J connectivity index is 1.84. The molecule has 1 aliphatic heterocycles. The summed E-state index contributed by atoms with van der Waals surface area (Å²) in [5.74, 6) is 0. The van der Waals surface area contributed by atoms with Crippen LogP contribution in [0.15, 0.2) is 24.3 Å². The molecule has 1 fully saturated rings. The molecule has 2 rings (SSSR count). The van der Waals surface area contributed by atoms with Crippen molar-refractivity contribution in [2.75, 3.05) is 39.3 Å². The maximum atomic E-state index is 6.51. The Morgan fingerprint density at radius 2 is 1.61 bits per heavy atom. The zero-order valence-electron chi connectivity index (χ0n) is 11.4. The monoisotopic (exact) mass is 266 g/mol. The van der Waals surface area contributed by atoms with Gasteiger partial charge < -0.3 is 4.90 Å². The van der Waals surface area contributed by atoms with Crippen molar-refractivity contribution in [1.82, 2.24) is 9.80 Å². The first-order valence-corrected chi connectivity index (χ1v) is 7.28. The third-order valence-corrected chi connectivity index (χ3v) is 4.16. The molecule has 0 aromatic heterocycles. The van der Waals surface area contributed by atoms with Gasteiger partial charge in [-0.1, -0.05) is 36.8 Å². The molecule has 0 spiro atoms. The molecule has 0 saturated carbocycles. The highest BCUT2D eigenvalue weighted by atomic mass is 35.5. The first-order chi connectivity index (χ1) is 8.69. The predicted molar refractivity (Wildman–Crippen MR) is 78.3 cm³/mol. The lowest BCUT2D eigenvalue weighted by atomic mass is 10.1. The van der Waals surface area contributed by atoms with E-state index in [0.29, 0.717) is 0 Å². The molecule has 1 atom stereocenters. The number of benzene rings is 1.